The summed E-state index contributed by atoms with van der Waals surface area (Å²) >= 11 is 5.66. The molecule has 5 heteroatoms. The Bertz CT molecular complexity index is 704. The minimum Gasteiger partial charge on any atom is -0.328 e. The standard InChI is InChI=1S/C16H26N4S/c1-5-8-11-13-14(19(4)18-11)20(15(21)17-13)12-9-6-7-10-16(12,2)3/h12H,5-10H2,1-4H3,(H,17,21). The van der Waals surface area contributed by atoms with Crippen LogP contribution in [0.2, 0.25) is 0 Å². The molecule has 0 aliphatic heterocycles. The van der Waals surface area contributed by atoms with Crippen LogP contribution in [-0.4, -0.2) is 19.3 Å². The normalized spacial score (nSPS) is 22.0. The van der Waals surface area contributed by atoms with Gasteiger partial charge in [0.2, 0.25) is 0 Å². The first-order valence-electron chi connectivity index (χ1n) is 8.12. The summed E-state index contributed by atoms with van der Waals surface area (Å²) in [5.41, 5.74) is 3.75. The fraction of sp³-hybridized carbons (Fsp3) is 0.750. The molecule has 21 heavy (non-hydrogen) atoms. The lowest BCUT2D eigenvalue weighted by atomic mass is 9.73. The molecule has 1 aliphatic carbocycles. The van der Waals surface area contributed by atoms with E-state index in [1.54, 1.807) is 0 Å². The molecule has 0 bridgehead atoms. The second-order valence-electron chi connectivity index (χ2n) is 7.07. The number of aromatic amines is 1. The molecule has 116 valence electrons. The van der Waals surface area contributed by atoms with E-state index in [4.69, 9.17) is 17.3 Å². The molecule has 1 atom stereocenters. The molecule has 1 N–H and O–H groups in total. The van der Waals surface area contributed by atoms with Gasteiger partial charge in [-0.15, -0.1) is 0 Å². The number of nitrogens with one attached hydrogen (secondary N) is 1. The maximum Gasteiger partial charge on any atom is 0.179 e. The Labute approximate surface area is 131 Å². The van der Waals surface area contributed by atoms with Gasteiger partial charge in [-0.3, -0.25) is 9.25 Å². The van der Waals surface area contributed by atoms with Gasteiger partial charge in [0.1, 0.15) is 5.52 Å². The minimum absolute atomic E-state index is 0.292. The highest BCUT2D eigenvalue weighted by atomic mass is 32.1. The van der Waals surface area contributed by atoms with Crippen LogP contribution in [0.25, 0.3) is 11.2 Å². The van der Waals surface area contributed by atoms with Crippen LogP contribution < -0.4 is 0 Å². The van der Waals surface area contributed by atoms with Crippen molar-refractivity contribution in [2.45, 2.75) is 65.3 Å². The lowest BCUT2D eigenvalue weighted by molar-refractivity contribution is 0.145. The summed E-state index contributed by atoms with van der Waals surface area (Å²) in [5, 5.41) is 4.70. The molecular formula is C16H26N4S. The van der Waals surface area contributed by atoms with Crippen molar-refractivity contribution in [3.8, 4) is 0 Å². The molecule has 2 aromatic heterocycles. The van der Waals surface area contributed by atoms with E-state index in [0.717, 1.165) is 28.8 Å². The number of nitrogens with zero attached hydrogens (tertiary/aromatic N) is 3. The van der Waals surface area contributed by atoms with Crippen LogP contribution in [0.15, 0.2) is 0 Å². The van der Waals surface area contributed by atoms with Gasteiger partial charge in [-0.1, -0.05) is 40.0 Å². The molecule has 0 radical (unpaired) electrons. The van der Waals surface area contributed by atoms with Crippen molar-refractivity contribution < 1.29 is 0 Å². The smallest absolute Gasteiger partial charge is 0.179 e. The first-order valence-corrected chi connectivity index (χ1v) is 8.52. The molecule has 1 fully saturated rings. The number of rotatable bonds is 3. The first kappa shape index (κ1) is 14.8. The number of hydrogen-bond donors (Lipinski definition) is 1. The molecule has 3 rings (SSSR count). The Morgan fingerprint density at radius 1 is 1.38 bits per heavy atom. The highest BCUT2D eigenvalue weighted by Crippen LogP contribution is 2.45. The predicted octanol–water partition coefficient (Wildman–Crippen LogP) is 4.53. The van der Waals surface area contributed by atoms with Gasteiger partial charge in [0.15, 0.2) is 10.4 Å². The van der Waals surface area contributed by atoms with Crippen LogP contribution in [0, 0.1) is 10.2 Å². The van der Waals surface area contributed by atoms with Crippen LogP contribution in [0.3, 0.4) is 0 Å². The van der Waals surface area contributed by atoms with Gasteiger partial charge >= 0.3 is 0 Å². The van der Waals surface area contributed by atoms with Gasteiger partial charge in [-0.2, -0.15) is 5.10 Å². The summed E-state index contributed by atoms with van der Waals surface area (Å²) in [6.07, 6.45) is 7.21. The molecule has 4 nitrogen and oxygen atoms in total. The van der Waals surface area contributed by atoms with Crippen LogP contribution >= 0.6 is 12.2 Å². The molecule has 0 saturated heterocycles. The Kier molecular flexibility index (Phi) is 3.72. The second kappa shape index (κ2) is 5.27. The molecule has 2 aromatic rings. The van der Waals surface area contributed by atoms with E-state index in [1.165, 1.54) is 31.3 Å². The third-order valence-corrected chi connectivity index (χ3v) is 5.32. The van der Waals surface area contributed by atoms with Gasteiger partial charge in [0, 0.05) is 13.1 Å². The monoisotopic (exact) mass is 306 g/mol. The SMILES string of the molecule is CCCc1nn(C)c2c1[nH]c(=S)n2C1CCCCC1(C)C. The van der Waals surface area contributed by atoms with Gasteiger partial charge in [0.25, 0.3) is 0 Å². The van der Waals surface area contributed by atoms with Crippen molar-refractivity contribution in [3.63, 3.8) is 0 Å². The molecule has 0 spiro atoms. The van der Waals surface area contributed by atoms with E-state index in [1.807, 2.05) is 11.7 Å². The molecule has 0 aromatic carbocycles. The number of aromatic nitrogens is 4. The summed E-state index contributed by atoms with van der Waals surface area (Å²) in [4.78, 5) is 3.43. The van der Waals surface area contributed by atoms with E-state index in [2.05, 4.69) is 30.3 Å². The lowest BCUT2D eigenvalue weighted by Crippen LogP contribution is -2.31. The maximum atomic E-state index is 5.66. The Morgan fingerprint density at radius 3 is 2.81 bits per heavy atom. The summed E-state index contributed by atoms with van der Waals surface area (Å²) in [5.74, 6) is 0. The van der Waals surface area contributed by atoms with Crippen molar-refractivity contribution >= 4 is 23.4 Å². The quantitative estimate of drug-likeness (QED) is 0.846. The molecule has 0 amide bonds. The van der Waals surface area contributed by atoms with Crippen molar-refractivity contribution in [3.05, 3.63) is 10.5 Å². The zero-order valence-electron chi connectivity index (χ0n) is 13.6. The lowest BCUT2D eigenvalue weighted by Gasteiger charge is -2.39. The van der Waals surface area contributed by atoms with Crippen LogP contribution in [0.5, 0.6) is 0 Å². The van der Waals surface area contributed by atoms with Gasteiger partial charge < -0.3 is 4.98 Å². The van der Waals surface area contributed by atoms with Crippen LogP contribution in [-0.2, 0) is 13.5 Å². The van der Waals surface area contributed by atoms with Crippen LogP contribution in [0.4, 0.5) is 0 Å². The van der Waals surface area contributed by atoms with E-state index < -0.39 is 0 Å². The maximum absolute atomic E-state index is 5.66. The number of fused-ring (bicyclic) bond motifs is 1. The zero-order valence-corrected chi connectivity index (χ0v) is 14.4. The molecule has 2 heterocycles. The molecule has 1 unspecified atom stereocenters. The second-order valence-corrected chi connectivity index (χ2v) is 7.46. The van der Waals surface area contributed by atoms with E-state index in [9.17, 15) is 0 Å². The Hall–Kier alpha value is -1.10. The van der Waals surface area contributed by atoms with Crippen LogP contribution in [0.1, 0.15) is 64.6 Å². The summed E-state index contributed by atoms with van der Waals surface area (Å²) in [6.45, 7) is 6.94. The highest BCUT2D eigenvalue weighted by Gasteiger charge is 2.35. The Balaban J connectivity index is 2.18. The number of aryl methyl sites for hydroxylation is 2. The van der Waals surface area contributed by atoms with Crippen molar-refractivity contribution in [2.24, 2.45) is 12.5 Å². The summed E-state index contributed by atoms with van der Waals surface area (Å²) in [6, 6.07) is 0.470. The first-order chi connectivity index (χ1) is 9.95. The molecular weight excluding hydrogens is 280 g/mol. The van der Waals surface area contributed by atoms with Gasteiger partial charge in [0.05, 0.1) is 5.69 Å². The predicted molar refractivity (Wildman–Crippen MR) is 89.2 cm³/mol. The Morgan fingerprint density at radius 2 is 2.14 bits per heavy atom. The fourth-order valence-corrected chi connectivity index (χ4v) is 4.21. The number of hydrogen-bond acceptors (Lipinski definition) is 2. The highest BCUT2D eigenvalue weighted by molar-refractivity contribution is 7.71. The van der Waals surface area contributed by atoms with Crippen molar-refractivity contribution in [2.75, 3.05) is 0 Å². The van der Waals surface area contributed by atoms with Crippen molar-refractivity contribution in [1.82, 2.24) is 19.3 Å². The average molecular weight is 306 g/mol. The van der Waals surface area contributed by atoms with Gasteiger partial charge in [-0.25, -0.2) is 0 Å². The third kappa shape index (κ3) is 2.35. The molecule has 1 aliphatic rings. The molecule has 1 saturated carbocycles. The number of H-pyrrole nitrogens is 1. The van der Waals surface area contributed by atoms with Gasteiger partial charge in [-0.05, 0) is 36.9 Å². The van der Waals surface area contributed by atoms with Crippen molar-refractivity contribution in [1.29, 1.82) is 0 Å². The minimum atomic E-state index is 0.292. The number of imidazole rings is 1. The topological polar surface area (TPSA) is 38.5 Å². The average Bonchev–Trinajstić information content (AvgIpc) is 2.88. The zero-order chi connectivity index (χ0) is 15.2. The third-order valence-electron chi connectivity index (χ3n) is 5.02. The summed E-state index contributed by atoms with van der Waals surface area (Å²) < 4.78 is 5.21. The van der Waals surface area contributed by atoms with E-state index >= 15 is 0 Å². The van der Waals surface area contributed by atoms with E-state index in [0.29, 0.717) is 11.5 Å². The fourth-order valence-electron chi connectivity index (χ4n) is 3.89. The van der Waals surface area contributed by atoms with E-state index in [-0.39, 0.29) is 0 Å². The summed E-state index contributed by atoms with van der Waals surface area (Å²) in [7, 11) is 2.04. The largest absolute Gasteiger partial charge is 0.328 e.